The molecule has 0 aromatic heterocycles. The molecule has 0 N–H and O–H groups in total. The van der Waals surface area contributed by atoms with Crippen LogP contribution in [0.5, 0.6) is 0 Å². The minimum atomic E-state index is -4.61. The quantitative estimate of drug-likeness (QED) is 0.449. The summed E-state index contributed by atoms with van der Waals surface area (Å²) in [5, 5.41) is 0. The summed E-state index contributed by atoms with van der Waals surface area (Å²) in [5.41, 5.74) is -3.45. The van der Waals surface area contributed by atoms with Gasteiger partial charge in [-0.05, 0) is 49.9 Å². The van der Waals surface area contributed by atoms with Crippen molar-refractivity contribution in [3.8, 4) is 0 Å². The molecule has 2 aromatic rings. The molecule has 156 valence electrons. The van der Waals surface area contributed by atoms with Gasteiger partial charge < -0.3 is 0 Å². The maximum atomic E-state index is 13.0. The third kappa shape index (κ3) is 5.25. The van der Waals surface area contributed by atoms with Crippen molar-refractivity contribution in [2.45, 2.75) is 39.0 Å². The van der Waals surface area contributed by atoms with Gasteiger partial charge in [-0.1, -0.05) is 36.4 Å². The van der Waals surface area contributed by atoms with Crippen LogP contribution in [0.2, 0.25) is 0 Å². The Morgan fingerprint density at radius 1 is 0.690 bits per heavy atom. The number of alkyl halides is 6. The van der Waals surface area contributed by atoms with Crippen LogP contribution in [-0.2, 0) is 34.8 Å². The third-order valence-electron chi connectivity index (χ3n) is 4.87. The molecule has 0 saturated heterocycles. The van der Waals surface area contributed by atoms with Gasteiger partial charge in [0, 0.05) is 0 Å². The van der Waals surface area contributed by atoms with E-state index >= 15 is 0 Å². The van der Waals surface area contributed by atoms with Crippen LogP contribution in [0.4, 0.5) is 26.3 Å². The average molecular weight is 416 g/mol. The molecule has 2 rings (SSSR count). The number of carbonyl (C=O) groups excluding carboxylic acids is 2. The van der Waals surface area contributed by atoms with Crippen molar-refractivity contribution < 1.29 is 35.9 Å². The summed E-state index contributed by atoms with van der Waals surface area (Å²) in [5.74, 6) is -1.25. The molecule has 0 fully saturated rings. The number of halogens is 6. The maximum absolute atomic E-state index is 13.0. The highest BCUT2D eigenvalue weighted by Crippen LogP contribution is 2.36. The second kappa shape index (κ2) is 8.00. The van der Waals surface area contributed by atoms with Gasteiger partial charge in [0.25, 0.3) is 0 Å². The molecule has 0 spiro atoms. The Morgan fingerprint density at radius 3 is 1.31 bits per heavy atom. The van der Waals surface area contributed by atoms with E-state index in [-0.39, 0.29) is 24.0 Å². The fourth-order valence-corrected chi connectivity index (χ4v) is 3.22. The summed E-state index contributed by atoms with van der Waals surface area (Å²) in [6, 6.07) is 8.42. The molecule has 0 unspecified atom stereocenters. The molecule has 0 aliphatic rings. The molecule has 0 amide bonds. The van der Waals surface area contributed by atoms with E-state index in [1.165, 1.54) is 12.1 Å². The number of carbonyl (C=O) groups is 2. The molecule has 0 aliphatic heterocycles. The first kappa shape index (κ1) is 22.6. The lowest BCUT2D eigenvalue weighted by Crippen LogP contribution is -2.41. The fraction of sp³-hybridized carbons (Fsp3) is 0.333. The number of hydrogen-bond acceptors (Lipinski definition) is 2. The first-order valence-corrected chi connectivity index (χ1v) is 8.60. The first-order valence-electron chi connectivity index (χ1n) is 8.60. The van der Waals surface area contributed by atoms with Crippen LogP contribution in [0.3, 0.4) is 0 Å². The molecule has 8 heteroatoms. The summed E-state index contributed by atoms with van der Waals surface area (Å²) in [7, 11) is 0. The van der Waals surface area contributed by atoms with Crippen molar-refractivity contribution >= 4 is 11.6 Å². The van der Waals surface area contributed by atoms with Gasteiger partial charge in [-0.2, -0.15) is 26.3 Å². The van der Waals surface area contributed by atoms with E-state index in [0.29, 0.717) is 0 Å². The number of benzene rings is 2. The fourth-order valence-electron chi connectivity index (χ4n) is 3.22. The Kier molecular flexibility index (Phi) is 6.25. The van der Waals surface area contributed by atoms with Crippen LogP contribution in [0.1, 0.15) is 36.1 Å². The zero-order valence-electron chi connectivity index (χ0n) is 15.6. The van der Waals surface area contributed by atoms with Crippen LogP contribution in [0, 0.1) is 5.41 Å². The average Bonchev–Trinajstić information content (AvgIpc) is 2.59. The zero-order valence-corrected chi connectivity index (χ0v) is 15.6. The minimum absolute atomic E-state index is 0.0946. The summed E-state index contributed by atoms with van der Waals surface area (Å²) >= 11 is 0. The highest BCUT2D eigenvalue weighted by atomic mass is 19.4. The molecule has 29 heavy (non-hydrogen) atoms. The van der Waals surface area contributed by atoms with Gasteiger partial charge >= 0.3 is 12.4 Å². The summed E-state index contributed by atoms with van der Waals surface area (Å²) in [4.78, 5) is 24.8. The summed E-state index contributed by atoms with van der Waals surface area (Å²) < 4.78 is 77.9. The Labute approximate surface area is 163 Å². The molecule has 2 nitrogen and oxygen atoms in total. The van der Waals surface area contributed by atoms with Crippen LogP contribution in [0.15, 0.2) is 48.5 Å². The van der Waals surface area contributed by atoms with Crippen LogP contribution >= 0.6 is 0 Å². The Balaban J connectivity index is 2.48. The number of ketones is 2. The highest BCUT2D eigenvalue weighted by molar-refractivity contribution is 6.05. The number of Topliss-reactive ketones (excluding diaryl/α,β-unsaturated/α-hetero) is 2. The lowest BCUT2D eigenvalue weighted by Gasteiger charge is -2.29. The largest absolute Gasteiger partial charge is 0.416 e. The van der Waals surface area contributed by atoms with E-state index in [9.17, 15) is 35.9 Å². The van der Waals surface area contributed by atoms with E-state index in [0.717, 1.165) is 50.2 Å². The standard InChI is InChI=1S/C21H18F6O2/c1-13(28)19(14(2)29,11-15-5-3-7-17(9-15)20(22,23)24)12-16-6-4-8-18(10-16)21(25,26)27/h3-10H,11-12H2,1-2H3. The van der Waals surface area contributed by atoms with Gasteiger partial charge in [-0.3, -0.25) is 9.59 Å². The van der Waals surface area contributed by atoms with E-state index in [2.05, 4.69) is 0 Å². The van der Waals surface area contributed by atoms with Crippen molar-refractivity contribution in [2.24, 2.45) is 5.41 Å². The third-order valence-corrected chi connectivity index (χ3v) is 4.87. The number of rotatable bonds is 6. The van der Waals surface area contributed by atoms with E-state index in [1.54, 1.807) is 0 Å². The van der Waals surface area contributed by atoms with E-state index < -0.39 is 40.5 Å². The van der Waals surface area contributed by atoms with Crippen LogP contribution in [-0.4, -0.2) is 11.6 Å². The van der Waals surface area contributed by atoms with E-state index in [4.69, 9.17) is 0 Å². The SMILES string of the molecule is CC(=O)C(Cc1cccc(C(F)(F)F)c1)(Cc1cccc(C(F)(F)F)c1)C(C)=O. The zero-order chi connectivity index (χ0) is 22.0. The second-order valence-corrected chi connectivity index (χ2v) is 6.94. The molecule has 2 aromatic carbocycles. The molecule has 0 bridgehead atoms. The topological polar surface area (TPSA) is 34.1 Å². The monoisotopic (exact) mass is 416 g/mol. The molecular formula is C21H18F6O2. The van der Waals surface area contributed by atoms with Crippen molar-refractivity contribution in [1.29, 1.82) is 0 Å². The van der Waals surface area contributed by atoms with Gasteiger partial charge in [-0.15, -0.1) is 0 Å². The van der Waals surface area contributed by atoms with Crippen molar-refractivity contribution in [3.05, 3.63) is 70.8 Å². The molecule has 0 saturated carbocycles. The first-order chi connectivity index (χ1) is 13.3. The molecule has 0 atom stereocenters. The lowest BCUT2D eigenvalue weighted by molar-refractivity contribution is -0.138. The maximum Gasteiger partial charge on any atom is 0.416 e. The van der Waals surface area contributed by atoms with Crippen LogP contribution < -0.4 is 0 Å². The van der Waals surface area contributed by atoms with Crippen molar-refractivity contribution in [3.63, 3.8) is 0 Å². The van der Waals surface area contributed by atoms with Crippen molar-refractivity contribution in [2.75, 3.05) is 0 Å². The highest BCUT2D eigenvalue weighted by Gasteiger charge is 2.42. The van der Waals surface area contributed by atoms with Gasteiger partial charge in [0.15, 0.2) is 0 Å². The molecule has 0 radical (unpaired) electrons. The Hall–Kier alpha value is -2.64. The predicted octanol–water partition coefficient (Wildman–Crippen LogP) is 5.67. The lowest BCUT2D eigenvalue weighted by atomic mass is 9.71. The van der Waals surface area contributed by atoms with Gasteiger partial charge in [0.2, 0.25) is 0 Å². The molecular weight excluding hydrogens is 398 g/mol. The smallest absolute Gasteiger partial charge is 0.299 e. The molecule has 0 aliphatic carbocycles. The van der Waals surface area contributed by atoms with Gasteiger partial charge in [0.05, 0.1) is 16.5 Å². The molecule has 0 heterocycles. The number of hydrogen-bond donors (Lipinski definition) is 0. The Morgan fingerprint density at radius 2 is 1.03 bits per heavy atom. The second-order valence-electron chi connectivity index (χ2n) is 6.94. The van der Waals surface area contributed by atoms with Crippen molar-refractivity contribution in [1.82, 2.24) is 0 Å². The normalized spacial score (nSPS) is 12.7. The van der Waals surface area contributed by atoms with Gasteiger partial charge in [-0.25, -0.2) is 0 Å². The Bertz CT molecular complexity index is 836. The van der Waals surface area contributed by atoms with Gasteiger partial charge in [0.1, 0.15) is 11.6 Å². The predicted molar refractivity (Wildman–Crippen MR) is 94.1 cm³/mol. The minimum Gasteiger partial charge on any atom is -0.299 e. The summed E-state index contributed by atoms with van der Waals surface area (Å²) in [6.07, 6.45) is -9.91. The summed E-state index contributed by atoms with van der Waals surface area (Å²) in [6.45, 7) is 2.23. The van der Waals surface area contributed by atoms with E-state index in [1.807, 2.05) is 0 Å². The van der Waals surface area contributed by atoms with Crippen LogP contribution in [0.25, 0.3) is 0 Å².